The molecule has 0 bridgehead atoms. The van der Waals surface area contributed by atoms with E-state index >= 15 is 0 Å². The van der Waals surface area contributed by atoms with Crippen LogP contribution < -0.4 is 5.73 Å². The van der Waals surface area contributed by atoms with E-state index in [-0.39, 0.29) is 0 Å². The van der Waals surface area contributed by atoms with Gasteiger partial charge < -0.3 is 5.73 Å². The molecule has 3 heterocycles. The fraction of sp³-hybridized carbons (Fsp3) is 0.263. The molecular weight excluding hydrogens is 348 g/mol. The zero-order chi connectivity index (χ0) is 17.2. The Labute approximate surface area is 155 Å². The van der Waals surface area contributed by atoms with E-state index in [9.17, 15) is 0 Å². The first-order valence-electron chi connectivity index (χ1n) is 8.32. The van der Waals surface area contributed by atoms with Crippen LogP contribution in [0.4, 0.5) is 5.82 Å². The van der Waals surface area contributed by atoms with Crippen molar-refractivity contribution >= 4 is 39.1 Å². The molecule has 1 aliphatic rings. The van der Waals surface area contributed by atoms with Crippen LogP contribution in [-0.4, -0.2) is 27.2 Å². The molecule has 6 heteroatoms. The highest BCUT2D eigenvalue weighted by atomic mass is 32.2. The predicted octanol–water partition coefficient (Wildman–Crippen LogP) is 4.11. The fourth-order valence-electron chi connectivity index (χ4n) is 3.23. The Hall–Kier alpha value is -1.89. The van der Waals surface area contributed by atoms with Gasteiger partial charge in [0.15, 0.2) is 5.16 Å². The fourth-order valence-corrected chi connectivity index (χ4v) is 5.14. The van der Waals surface area contributed by atoms with E-state index < -0.39 is 0 Å². The van der Waals surface area contributed by atoms with E-state index in [1.165, 1.54) is 16.0 Å². The highest BCUT2D eigenvalue weighted by Gasteiger charge is 2.23. The molecule has 1 aromatic carbocycles. The molecule has 128 valence electrons. The molecule has 3 aromatic rings. The normalized spacial score (nSPS) is 14.6. The minimum Gasteiger partial charge on any atom is -0.383 e. The lowest BCUT2D eigenvalue weighted by Gasteiger charge is -2.26. The third-order valence-corrected chi connectivity index (χ3v) is 6.32. The molecule has 0 amide bonds. The van der Waals surface area contributed by atoms with E-state index in [0.29, 0.717) is 5.82 Å². The van der Waals surface area contributed by atoms with Crippen LogP contribution in [0.5, 0.6) is 0 Å². The summed E-state index contributed by atoms with van der Waals surface area (Å²) in [7, 11) is 0. The molecular formula is C19H20N4S2. The quantitative estimate of drug-likeness (QED) is 0.417. The lowest BCUT2D eigenvalue weighted by Crippen LogP contribution is -2.29. The topological polar surface area (TPSA) is 55.0 Å². The van der Waals surface area contributed by atoms with Crippen molar-refractivity contribution in [2.45, 2.75) is 24.7 Å². The summed E-state index contributed by atoms with van der Waals surface area (Å²) in [5.74, 6) is 1.41. The van der Waals surface area contributed by atoms with Crippen molar-refractivity contribution in [3.8, 4) is 0 Å². The number of anilines is 1. The molecule has 0 saturated heterocycles. The van der Waals surface area contributed by atoms with Crippen molar-refractivity contribution < 1.29 is 0 Å². The van der Waals surface area contributed by atoms with Crippen molar-refractivity contribution in [2.75, 3.05) is 18.0 Å². The summed E-state index contributed by atoms with van der Waals surface area (Å²) in [6.07, 6.45) is 2.87. The van der Waals surface area contributed by atoms with Crippen LogP contribution in [0.2, 0.25) is 0 Å². The molecule has 4 nitrogen and oxygen atoms in total. The third kappa shape index (κ3) is 3.42. The maximum atomic E-state index is 6.26. The first-order valence-corrected chi connectivity index (χ1v) is 10.1. The molecule has 4 rings (SSSR count). The maximum absolute atomic E-state index is 6.26. The number of nitrogens with zero attached hydrogens (tertiary/aromatic N) is 3. The molecule has 1 aliphatic heterocycles. The van der Waals surface area contributed by atoms with Crippen molar-refractivity contribution in [3.05, 3.63) is 59.0 Å². The zero-order valence-electron chi connectivity index (χ0n) is 13.9. The first-order chi connectivity index (χ1) is 12.2. The number of rotatable bonds is 5. The van der Waals surface area contributed by atoms with E-state index in [0.717, 1.165) is 47.2 Å². The monoisotopic (exact) mass is 368 g/mol. The van der Waals surface area contributed by atoms with Gasteiger partial charge in [-0.2, -0.15) is 0 Å². The smallest absolute Gasteiger partial charge is 0.191 e. The molecule has 0 aliphatic carbocycles. The van der Waals surface area contributed by atoms with E-state index in [1.807, 2.05) is 6.08 Å². The van der Waals surface area contributed by atoms with E-state index in [2.05, 4.69) is 46.8 Å². The Kier molecular flexibility index (Phi) is 4.74. The number of thioether (sulfide) groups is 1. The van der Waals surface area contributed by atoms with Gasteiger partial charge in [-0.1, -0.05) is 48.2 Å². The maximum Gasteiger partial charge on any atom is 0.191 e. The molecule has 0 spiro atoms. The molecule has 25 heavy (non-hydrogen) atoms. The predicted molar refractivity (Wildman–Crippen MR) is 107 cm³/mol. The number of hydrogen-bond donors (Lipinski definition) is 1. The lowest BCUT2D eigenvalue weighted by molar-refractivity contribution is 0.249. The van der Waals surface area contributed by atoms with Gasteiger partial charge in [0.25, 0.3) is 0 Å². The third-order valence-electron chi connectivity index (χ3n) is 4.37. The van der Waals surface area contributed by atoms with Crippen molar-refractivity contribution in [3.63, 3.8) is 0 Å². The van der Waals surface area contributed by atoms with Crippen molar-refractivity contribution in [2.24, 2.45) is 0 Å². The molecule has 0 saturated carbocycles. The summed E-state index contributed by atoms with van der Waals surface area (Å²) in [5, 5.41) is 1.81. The summed E-state index contributed by atoms with van der Waals surface area (Å²) >= 11 is 3.34. The van der Waals surface area contributed by atoms with Crippen molar-refractivity contribution in [1.29, 1.82) is 0 Å². The second kappa shape index (κ2) is 7.15. The molecule has 0 radical (unpaired) electrons. The van der Waals surface area contributed by atoms with Gasteiger partial charge in [-0.25, -0.2) is 9.97 Å². The number of thiophene rings is 1. The SMILES string of the molecule is C=CCSc1nc(N)c2c3c(sc2n1)CN(Cc1ccccc1)CC3. The second-order valence-electron chi connectivity index (χ2n) is 6.12. The number of fused-ring (bicyclic) bond motifs is 3. The Morgan fingerprint density at radius 3 is 2.92 bits per heavy atom. The van der Waals surface area contributed by atoms with Gasteiger partial charge in [0.1, 0.15) is 10.6 Å². The Balaban J connectivity index is 1.61. The van der Waals surface area contributed by atoms with Gasteiger partial charge in [0, 0.05) is 30.3 Å². The van der Waals surface area contributed by atoms with E-state index in [4.69, 9.17) is 10.7 Å². The van der Waals surface area contributed by atoms with Crippen LogP contribution in [-0.2, 0) is 19.5 Å². The molecule has 0 fully saturated rings. The number of benzene rings is 1. The second-order valence-corrected chi connectivity index (χ2v) is 8.19. The molecule has 2 aromatic heterocycles. The highest BCUT2D eigenvalue weighted by molar-refractivity contribution is 7.99. The lowest BCUT2D eigenvalue weighted by atomic mass is 10.0. The summed E-state index contributed by atoms with van der Waals surface area (Å²) < 4.78 is 0. The first kappa shape index (κ1) is 16.6. The van der Waals surface area contributed by atoms with Crippen LogP contribution >= 0.6 is 23.1 Å². The van der Waals surface area contributed by atoms with Gasteiger partial charge in [-0.3, -0.25) is 4.90 Å². The Morgan fingerprint density at radius 2 is 2.12 bits per heavy atom. The highest BCUT2D eigenvalue weighted by Crippen LogP contribution is 2.37. The molecule has 2 N–H and O–H groups in total. The van der Waals surface area contributed by atoms with Crippen LogP contribution in [0, 0.1) is 0 Å². The summed E-state index contributed by atoms with van der Waals surface area (Å²) in [6.45, 7) is 6.73. The van der Waals surface area contributed by atoms with Crippen LogP contribution in [0.1, 0.15) is 16.0 Å². The number of nitrogen functional groups attached to an aromatic ring is 1. The summed E-state index contributed by atoms with van der Waals surface area (Å²) in [5.41, 5.74) is 8.96. The van der Waals surface area contributed by atoms with Gasteiger partial charge >= 0.3 is 0 Å². The van der Waals surface area contributed by atoms with Gasteiger partial charge in [-0.15, -0.1) is 17.9 Å². The number of hydrogen-bond acceptors (Lipinski definition) is 6. The number of aromatic nitrogens is 2. The van der Waals surface area contributed by atoms with Crippen molar-refractivity contribution in [1.82, 2.24) is 14.9 Å². The average Bonchev–Trinajstić information content (AvgIpc) is 2.98. The minimum absolute atomic E-state index is 0.616. The molecule has 0 unspecified atom stereocenters. The summed E-state index contributed by atoms with van der Waals surface area (Å²) in [6, 6.07) is 10.6. The minimum atomic E-state index is 0.616. The van der Waals surface area contributed by atoms with Crippen LogP contribution in [0.3, 0.4) is 0 Å². The van der Waals surface area contributed by atoms with Crippen LogP contribution in [0.15, 0.2) is 48.1 Å². The standard InChI is InChI=1S/C19H20N4S2/c1-2-10-24-19-21-17(20)16-14-8-9-23(11-13-6-4-3-5-7-13)12-15(14)25-18(16)22-19/h2-7H,1,8-12H2,(H2,20,21,22). The van der Waals surface area contributed by atoms with E-state index in [1.54, 1.807) is 23.1 Å². The Bertz CT molecular complexity index is 905. The van der Waals surface area contributed by atoms with Crippen LogP contribution in [0.25, 0.3) is 10.2 Å². The number of nitrogens with two attached hydrogens (primary N) is 1. The molecule has 0 atom stereocenters. The zero-order valence-corrected chi connectivity index (χ0v) is 15.6. The van der Waals surface area contributed by atoms with Gasteiger partial charge in [0.2, 0.25) is 0 Å². The van der Waals surface area contributed by atoms with Gasteiger partial charge in [-0.05, 0) is 17.5 Å². The Morgan fingerprint density at radius 1 is 1.28 bits per heavy atom. The average molecular weight is 369 g/mol. The summed E-state index contributed by atoms with van der Waals surface area (Å²) in [4.78, 5) is 14.1. The largest absolute Gasteiger partial charge is 0.383 e. The van der Waals surface area contributed by atoms with Gasteiger partial charge in [0.05, 0.1) is 5.39 Å².